The molecule has 2 rings (SSSR count). The molecule has 0 fully saturated rings. The van der Waals surface area contributed by atoms with Gasteiger partial charge in [-0.1, -0.05) is 6.07 Å². The van der Waals surface area contributed by atoms with E-state index in [1.807, 2.05) is 19.9 Å². The summed E-state index contributed by atoms with van der Waals surface area (Å²) in [6, 6.07) is 7.40. The van der Waals surface area contributed by atoms with E-state index >= 15 is 0 Å². The smallest absolute Gasteiger partial charge is 0.373 e. The molecule has 1 aromatic carbocycles. The van der Waals surface area contributed by atoms with Crippen LogP contribution in [-0.2, 0) is 11.3 Å². The molecule has 4 nitrogen and oxygen atoms in total. The third-order valence-electron chi connectivity index (χ3n) is 3.18. The molecule has 0 saturated carbocycles. The van der Waals surface area contributed by atoms with E-state index in [4.69, 9.17) is 9.15 Å². The fourth-order valence-corrected chi connectivity index (χ4v) is 1.97. The van der Waals surface area contributed by atoms with Crippen LogP contribution in [0.1, 0.15) is 33.0 Å². The number of esters is 1. The van der Waals surface area contributed by atoms with Gasteiger partial charge in [0.15, 0.2) is 0 Å². The maximum atomic E-state index is 11.3. The van der Waals surface area contributed by atoms with Gasteiger partial charge in [-0.05, 0) is 55.7 Å². The Labute approximate surface area is 118 Å². The molecule has 1 aromatic heterocycles. The molecule has 0 unspecified atom stereocenters. The molecule has 0 atom stereocenters. The number of ether oxygens (including phenoxy) is 2. The van der Waals surface area contributed by atoms with Crippen LogP contribution in [0.25, 0.3) is 0 Å². The van der Waals surface area contributed by atoms with Gasteiger partial charge < -0.3 is 13.9 Å². The Hall–Kier alpha value is -2.23. The summed E-state index contributed by atoms with van der Waals surface area (Å²) in [4.78, 5) is 11.3. The maximum absolute atomic E-state index is 11.3. The monoisotopic (exact) mass is 274 g/mol. The van der Waals surface area contributed by atoms with Crippen molar-refractivity contribution in [3.8, 4) is 5.75 Å². The summed E-state index contributed by atoms with van der Waals surface area (Å²) in [5.74, 6) is 1.12. The van der Waals surface area contributed by atoms with Crippen LogP contribution in [0, 0.1) is 20.8 Å². The second-order valence-electron chi connectivity index (χ2n) is 4.75. The van der Waals surface area contributed by atoms with Gasteiger partial charge in [-0.3, -0.25) is 0 Å². The van der Waals surface area contributed by atoms with Crippen molar-refractivity contribution in [2.75, 3.05) is 7.11 Å². The average molecular weight is 274 g/mol. The Morgan fingerprint density at radius 3 is 2.65 bits per heavy atom. The first-order valence-corrected chi connectivity index (χ1v) is 6.39. The highest BCUT2D eigenvalue weighted by molar-refractivity contribution is 5.86. The number of hydrogen-bond donors (Lipinski definition) is 0. The third-order valence-corrected chi connectivity index (χ3v) is 3.18. The van der Waals surface area contributed by atoms with E-state index in [0.29, 0.717) is 5.76 Å². The van der Waals surface area contributed by atoms with Gasteiger partial charge >= 0.3 is 5.97 Å². The van der Waals surface area contributed by atoms with Crippen LogP contribution in [0.3, 0.4) is 0 Å². The standard InChI is InChI=1S/C16H18O4/c1-10-7-11(2)12(3)15(8-10)19-9-13-5-6-14(20-13)16(17)18-4/h5-8H,9H2,1-4H3. The van der Waals surface area contributed by atoms with Gasteiger partial charge in [-0.2, -0.15) is 0 Å². The van der Waals surface area contributed by atoms with Gasteiger partial charge in [0.25, 0.3) is 0 Å². The fourth-order valence-electron chi connectivity index (χ4n) is 1.97. The zero-order chi connectivity index (χ0) is 14.7. The summed E-state index contributed by atoms with van der Waals surface area (Å²) >= 11 is 0. The molecule has 0 radical (unpaired) electrons. The molecule has 0 saturated heterocycles. The SMILES string of the molecule is COC(=O)c1ccc(COc2cc(C)cc(C)c2C)o1. The third kappa shape index (κ3) is 3.02. The molecule has 1 heterocycles. The van der Waals surface area contributed by atoms with Crippen molar-refractivity contribution in [3.05, 3.63) is 52.5 Å². The van der Waals surface area contributed by atoms with E-state index in [1.54, 1.807) is 12.1 Å². The first kappa shape index (κ1) is 14.2. The molecular weight excluding hydrogens is 256 g/mol. The lowest BCUT2D eigenvalue weighted by molar-refractivity contribution is 0.0561. The van der Waals surface area contributed by atoms with Crippen molar-refractivity contribution >= 4 is 5.97 Å². The first-order chi connectivity index (χ1) is 9.51. The summed E-state index contributed by atoms with van der Waals surface area (Å²) in [6.07, 6.45) is 0. The highest BCUT2D eigenvalue weighted by Gasteiger charge is 2.12. The van der Waals surface area contributed by atoms with Crippen molar-refractivity contribution in [2.24, 2.45) is 0 Å². The quantitative estimate of drug-likeness (QED) is 0.800. The predicted molar refractivity (Wildman–Crippen MR) is 75.0 cm³/mol. The first-order valence-electron chi connectivity index (χ1n) is 6.39. The normalized spacial score (nSPS) is 10.4. The number of aryl methyl sites for hydroxylation is 2. The topological polar surface area (TPSA) is 48.7 Å². The number of methoxy groups -OCH3 is 1. The van der Waals surface area contributed by atoms with Crippen LogP contribution >= 0.6 is 0 Å². The van der Waals surface area contributed by atoms with Gasteiger partial charge in [0, 0.05) is 0 Å². The number of carbonyl (C=O) groups excluding carboxylic acids is 1. The van der Waals surface area contributed by atoms with Crippen molar-refractivity contribution in [2.45, 2.75) is 27.4 Å². The average Bonchev–Trinajstić information content (AvgIpc) is 2.89. The highest BCUT2D eigenvalue weighted by Crippen LogP contribution is 2.24. The van der Waals surface area contributed by atoms with Crippen molar-refractivity contribution in [3.63, 3.8) is 0 Å². The lowest BCUT2D eigenvalue weighted by Gasteiger charge is -2.11. The molecule has 0 aliphatic rings. The molecule has 0 bridgehead atoms. The summed E-state index contributed by atoms with van der Waals surface area (Å²) in [7, 11) is 1.32. The molecule has 0 N–H and O–H groups in total. The van der Waals surface area contributed by atoms with Crippen molar-refractivity contribution in [1.29, 1.82) is 0 Å². The summed E-state index contributed by atoms with van der Waals surface area (Å²) in [6.45, 7) is 6.38. The molecule has 106 valence electrons. The van der Waals surface area contributed by atoms with Crippen LogP contribution in [0.4, 0.5) is 0 Å². The molecule has 0 aliphatic heterocycles. The van der Waals surface area contributed by atoms with Crippen LogP contribution in [0.15, 0.2) is 28.7 Å². The second kappa shape index (κ2) is 5.82. The van der Waals surface area contributed by atoms with Gasteiger partial charge in [0.2, 0.25) is 5.76 Å². The molecule has 0 aliphatic carbocycles. The number of rotatable bonds is 4. The minimum atomic E-state index is -0.487. The summed E-state index contributed by atoms with van der Waals surface area (Å²) in [5.41, 5.74) is 3.45. The van der Waals surface area contributed by atoms with Crippen LogP contribution in [-0.4, -0.2) is 13.1 Å². The van der Waals surface area contributed by atoms with Gasteiger partial charge in [0.05, 0.1) is 7.11 Å². The van der Waals surface area contributed by atoms with Gasteiger partial charge in [0.1, 0.15) is 18.1 Å². The van der Waals surface area contributed by atoms with Crippen LogP contribution in [0.2, 0.25) is 0 Å². The zero-order valence-corrected chi connectivity index (χ0v) is 12.1. The Bertz CT molecular complexity index is 625. The Kier molecular flexibility index (Phi) is 4.13. The molecular formula is C16H18O4. The lowest BCUT2D eigenvalue weighted by atomic mass is 10.1. The summed E-state index contributed by atoms with van der Waals surface area (Å²) in [5, 5.41) is 0. The Morgan fingerprint density at radius 2 is 1.95 bits per heavy atom. The molecule has 20 heavy (non-hydrogen) atoms. The minimum Gasteiger partial charge on any atom is -0.485 e. The molecule has 4 heteroatoms. The molecule has 2 aromatic rings. The largest absolute Gasteiger partial charge is 0.485 e. The van der Waals surface area contributed by atoms with Crippen molar-refractivity contribution in [1.82, 2.24) is 0 Å². The van der Waals surface area contributed by atoms with Crippen molar-refractivity contribution < 1.29 is 18.7 Å². The Morgan fingerprint density at radius 1 is 1.20 bits per heavy atom. The van der Waals surface area contributed by atoms with E-state index in [9.17, 15) is 4.79 Å². The molecule has 0 amide bonds. The minimum absolute atomic E-state index is 0.184. The number of hydrogen-bond acceptors (Lipinski definition) is 4. The maximum Gasteiger partial charge on any atom is 0.373 e. The van der Waals surface area contributed by atoms with Gasteiger partial charge in [-0.15, -0.1) is 0 Å². The fraction of sp³-hybridized carbons (Fsp3) is 0.312. The predicted octanol–water partition coefficient (Wildman–Crippen LogP) is 3.57. The summed E-state index contributed by atoms with van der Waals surface area (Å²) < 4.78 is 15.7. The van der Waals surface area contributed by atoms with Crippen LogP contribution < -0.4 is 4.74 Å². The van der Waals surface area contributed by atoms with Gasteiger partial charge in [-0.25, -0.2) is 4.79 Å². The van der Waals surface area contributed by atoms with E-state index in [1.165, 1.54) is 12.7 Å². The lowest BCUT2D eigenvalue weighted by Crippen LogP contribution is -2.00. The number of carbonyl (C=O) groups is 1. The molecule has 0 spiro atoms. The Balaban J connectivity index is 2.09. The van der Waals surface area contributed by atoms with E-state index in [2.05, 4.69) is 17.7 Å². The highest BCUT2D eigenvalue weighted by atomic mass is 16.5. The van der Waals surface area contributed by atoms with Crippen LogP contribution in [0.5, 0.6) is 5.75 Å². The second-order valence-corrected chi connectivity index (χ2v) is 4.75. The van der Waals surface area contributed by atoms with E-state index in [0.717, 1.165) is 16.9 Å². The number of furan rings is 1. The zero-order valence-electron chi connectivity index (χ0n) is 12.1. The number of benzene rings is 1. The van der Waals surface area contributed by atoms with E-state index in [-0.39, 0.29) is 12.4 Å². The van der Waals surface area contributed by atoms with E-state index < -0.39 is 5.97 Å².